The van der Waals surface area contributed by atoms with E-state index in [2.05, 4.69) is 38.0 Å². The molecule has 0 atom stereocenters. The maximum atomic E-state index is 13.2. The predicted octanol–water partition coefficient (Wildman–Crippen LogP) is 4.23. The summed E-state index contributed by atoms with van der Waals surface area (Å²) in [5.41, 5.74) is 1.38. The fourth-order valence-electron chi connectivity index (χ4n) is 3.03. The lowest BCUT2D eigenvalue weighted by molar-refractivity contribution is 0.0861. The Morgan fingerprint density at radius 1 is 1.10 bits per heavy atom. The molecule has 0 amide bonds. The van der Waals surface area contributed by atoms with E-state index in [1.54, 1.807) is 6.20 Å². The second-order valence-electron chi connectivity index (χ2n) is 5.42. The number of carbonyl (C=O) groups excluding carboxylic acids is 1. The maximum absolute atomic E-state index is 13.2. The van der Waals surface area contributed by atoms with E-state index < -0.39 is 5.41 Å². The number of hydrogen-bond acceptors (Lipinski definition) is 2. The molecule has 0 bridgehead atoms. The van der Waals surface area contributed by atoms with Crippen LogP contribution >= 0.6 is 0 Å². The molecule has 3 nitrogen and oxygen atoms in total. The summed E-state index contributed by atoms with van der Waals surface area (Å²) in [7, 11) is 0. The van der Waals surface area contributed by atoms with Crippen LogP contribution in [0.4, 0.5) is 0 Å². The largest absolute Gasteiger partial charge is 0.291 e. The summed E-state index contributed by atoms with van der Waals surface area (Å²) >= 11 is 0. The van der Waals surface area contributed by atoms with Crippen molar-refractivity contribution >= 4 is 5.78 Å². The molecular weight excluding hydrogens is 260 g/mol. The Balaban J connectivity index is 2.47. The van der Waals surface area contributed by atoms with Gasteiger partial charge in [0.1, 0.15) is 5.69 Å². The second-order valence-corrected chi connectivity index (χ2v) is 5.42. The van der Waals surface area contributed by atoms with Crippen molar-refractivity contribution in [3.05, 3.63) is 53.9 Å². The summed E-state index contributed by atoms with van der Waals surface area (Å²) in [6.07, 6.45) is 4.29. The van der Waals surface area contributed by atoms with Gasteiger partial charge in [0.05, 0.1) is 5.41 Å². The van der Waals surface area contributed by atoms with Crippen LogP contribution in [-0.4, -0.2) is 15.6 Å². The summed E-state index contributed by atoms with van der Waals surface area (Å²) < 4.78 is 1.84. The zero-order valence-electron chi connectivity index (χ0n) is 13.2. The van der Waals surface area contributed by atoms with Crippen LogP contribution in [0.2, 0.25) is 0 Å². The highest BCUT2D eigenvalue weighted by atomic mass is 16.1. The monoisotopic (exact) mass is 284 g/mol. The number of benzene rings is 1. The molecule has 2 rings (SSSR count). The Hall–Kier alpha value is -1.90. The van der Waals surface area contributed by atoms with Gasteiger partial charge in [0.25, 0.3) is 0 Å². The molecule has 0 radical (unpaired) electrons. The number of rotatable bonds is 7. The minimum Gasteiger partial charge on any atom is -0.291 e. The van der Waals surface area contributed by atoms with Crippen LogP contribution in [0, 0.1) is 0 Å². The number of carbonyl (C=O) groups is 1. The molecule has 21 heavy (non-hydrogen) atoms. The fraction of sp³-hybridized carbons (Fsp3) is 0.444. The van der Waals surface area contributed by atoms with Crippen molar-refractivity contribution in [1.29, 1.82) is 0 Å². The molecule has 1 aromatic carbocycles. The lowest BCUT2D eigenvalue weighted by atomic mass is 9.71. The van der Waals surface area contributed by atoms with Crippen LogP contribution in [0.25, 0.3) is 0 Å². The number of Topliss-reactive ketones (excluding diaryl/α,β-unsaturated/α-hetero) is 1. The lowest BCUT2D eigenvalue weighted by Crippen LogP contribution is -2.36. The van der Waals surface area contributed by atoms with Gasteiger partial charge >= 0.3 is 0 Å². The van der Waals surface area contributed by atoms with Crippen LogP contribution < -0.4 is 0 Å². The predicted molar refractivity (Wildman–Crippen MR) is 85.6 cm³/mol. The number of nitrogens with zero attached hydrogens (tertiary/aromatic N) is 2. The molecule has 3 heteroatoms. The molecule has 0 aliphatic heterocycles. The highest BCUT2D eigenvalue weighted by molar-refractivity contribution is 6.02. The Bertz CT molecular complexity index is 582. The van der Waals surface area contributed by atoms with Crippen LogP contribution in [0.3, 0.4) is 0 Å². The molecule has 2 aromatic rings. The van der Waals surface area contributed by atoms with E-state index in [0.717, 1.165) is 37.1 Å². The SMILES string of the molecule is CCCn1nccc1C(=O)C(CC)(CC)c1ccccc1. The van der Waals surface area contributed by atoms with E-state index >= 15 is 0 Å². The first-order valence-corrected chi connectivity index (χ1v) is 7.81. The third-order valence-electron chi connectivity index (χ3n) is 4.35. The van der Waals surface area contributed by atoms with E-state index in [4.69, 9.17) is 0 Å². The molecular formula is C18H24N2O. The first kappa shape index (κ1) is 15.5. The van der Waals surface area contributed by atoms with Crippen molar-refractivity contribution in [2.45, 2.75) is 52.0 Å². The standard InChI is InChI=1S/C18H24N2O/c1-4-14-20-16(12-13-19-20)17(21)18(5-2,6-3)15-10-8-7-9-11-15/h7-13H,4-6,14H2,1-3H3. The van der Waals surface area contributed by atoms with Gasteiger partial charge in [-0.15, -0.1) is 0 Å². The van der Waals surface area contributed by atoms with Crippen LogP contribution in [-0.2, 0) is 12.0 Å². The van der Waals surface area contributed by atoms with Gasteiger partial charge < -0.3 is 0 Å². The molecule has 0 spiro atoms. The van der Waals surface area contributed by atoms with E-state index in [0.29, 0.717) is 0 Å². The van der Waals surface area contributed by atoms with Gasteiger partial charge in [-0.1, -0.05) is 51.1 Å². The first-order chi connectivity index (χ1) is 10.2. The maximum Gasteiger partial charge on any atom is 0.191 e. The fourth-order valence-corrected chi connectivity index (χ4v) is 3.03. The smallest absolute Gasteiger partial charge is 0.191 e. The third-order valence-corrected chi connectivity index (χ3v) is 4.35. The third kappa shape index (κ3) is 2.78. The van der Waals surface area contributed by atoms with Crippen LogP contribution in [0.1, 0.15) is 56.1 Å². The van der Waals surface area contributed by atoms with Crippen molar-refractivity contribution in [2.75, 3.05) is 0 Å². The molecule has 0 fully saturated rings. The Kier molecular flexibility index (Phi) is 4.94. The minimum absolute atomic E-state index is 0.185. The van der Waals surface area contributed by atoms with E-state index in [1.165, 1.54) is 0 Å². The molecule has 0 saturated carbocycles. The second kappa shape index (κ2) is 6.70. The van der Waals surface area contributed by atoms with Crippen molar-refractivity contribution < 1.29 is 4.79 Å². The Labute approximate surface area is 127 Å². The van der Waals surface area contributed by atoms with Crippen molar-refractivity contribution in [3.8, 4) is 0 Å². The first-order valence-electron chi connectivity index (χ1n) is 7.81. The summed E-state index contributed by atoms with van der Waals surface area (Å²) in [5, 5.41) is 4.30. The van der Waals surface area contributed by atoms with E-state index in [1.807, 2.05) is 28.9 Å². The normalized spacial score (nSPS) is 11.6. The topological polar surface area (TPSA) is 34.9 Å². The summed E-state index contributed by atoms with van der Waals surface area (Å²) in [5.74, 6) is 0.185. The molecule has 1 heterocycles. The quantitative estimate of drug-likeness (QED) is 0.713. The van der Waals surface area contributed by atoms with Crippen molar-refractivity contribution in [2.24, 2.45) is 0 Å². The summed E-state index contributed by atoms with van der Waals surface area (Å²) in [4.78, 5) is 13.2. The van der Waals surface area contributed by atoms with Crippen molar-refractivity contribution in [1.82, 2.24) is 9.78 Å². The summed E-state index contributed by atoms with van der Waals surface area (Å²) in [6, 6.07) is 12.0. The zero-order chi connectivity index (χ0) is 15.3. The van der Waals surface area contributed by atoms with Crippen molar-refractivity contribution in [3.63, 3.8) is 0 Å². The van der Waals surface area contributed by atoms with Crippen LogP contribution in [0.5, 0.6) is 0 Å². The molecule has 112 valence electrons. The van der Waals surface area contributed by atoms with E-state index in [9.17, 15) is 4.79 Å². The average Bonchev–Trinajstić information content (AvgIpc) is 2.98. The average molecular weight is 284 g/mol. The minimum atomic E-state index is -0.452. The zero-order valence-corrected chi connectivity index (χ0v) is 13.2. The highest BCUT2D eigenvalue weighted by Crippen LogP contribution is 2.35. The number of hydrogen-bond donors (Lipinski definition) is 0. The van der Waals surface area contributed by atoms with Gasteiger partial charge in [-0.05, 0) is 30.9 Å². The van der Waals surface area contributed by atoms with Gasteiger partial charge in [-0.3, -0.25) is 9.48 Å². The Morgan fingerprint density at radius 2 is 1.76 bits per heavy atom. The molecule has 0 saturated heterocycles. The number of aryl methyl sites for hydroxylation is 1. The van der Waals surface area contributed by atoms with Gasteiger partial charge in [-0.25, -0.2) is 0 Å². The number of aromatic nitrogens is 2. The molecule has 0 aliphatic carbocycles. The van der Waals surface area contributed by atoms with E-state index in [-0.39, 0.29) is 5.78 Å². The molecule has 0 aliphatic rings. The Morgan fingerprint density at radius 3 is 2.33 bits per heavy atom. The molecule has 0 unspecified atom stereocenters. The molecule has 1 aromatic heterocycles. The van der Waals surface area contributed by atoms with Crippen LogP contribution in [0.15, 0.2) is 42.6 Å². The van der Waals surface area contributed by atoms with Gasteiger partial charge in [0.2, 0.25) is 0 Å². The number of ketones is 1. The molecule has 0 N–H and O–H groups in total. The van der Waals surface area contributed by atoms with Gasteiger partial charge in [-0.2, -0.15) is 5.10 Å². The summed E-state index contributed by atoms with van der Waals surface area (Å²) in [6.45, 7) is 7.07. The lowest BCUT2D eigenvalue weighted by Gasteiger charge is -2.31. The highest BCUT2D eigenvalue weighted by Gasteiger charge is 2.38. The van der Waals surface area contributed by atoms with Gasteiger partial charge in [0, 0.05) is 12.7 Å². The van der Waals surface area contributed by atoms with Gasteiger partial charge in [0.15, 0.2) is 5.78 Å².